The Balaban J connectivity index is 1.71. The summed E-state index contributed by atoms with van der Waals surface area (Å²) in [6.45, 7) is 5.34. The van der Waals surface area contributed by atoms with E-state index in [1.807, 2.05) is 19.2 Å². The average molecular weight is 390 g/mol. The van der Waals surface area contributed by atoms with Gasteiger partial charge in [0.15, 0.2) is 16.5 Å². The van der Waals surface area contributed by atoms with Crippen molar-refractivity contribution in [3.8, 4) is 0 Å². The molecule has 1 fully saturated rings. The standard InChI is InChI=1S/C14H20N4O3S3/c1-3-17(12-4-5-24(19,20)8-12)9-18-14(22)21-13(16-18)6-11-7-23-10(2)15-11/h7,12H,3-6,8-9H2,1-2H3/p+1/t12-/m0/s1. The molecule has 3 heterocycles. The fraction of sp³-hybridized carbons (Fsp3) is 0.643. The van der Waals surface area contributed by atoms with Crippen LogP contribution in [0.2, 0.25) is 0 Å². The Morgan fingerprint density at radius 2 is 2.33 bits per heavy atom. The van der Waals surface area contributed by atoms with Crippen LogP contribution in [-0.4, -0.2) is 47.3 Å². The lowest BCUT2D eigenvalue weighted by Gasteiger charge is -2.22. The zero-order valence-corrected chi connectivity index (χ0v) is 16.1. The van der Waals surface area contributed by atoms with Crippen molar-refractivity contribution >= 4 is 33.4 Å². The predicted octanol–water partition coefficient (Wildman–Crippen LogP) is 0.611. The number of sulfone groups is 1. The van der Waals surface area contributed by atoms with Gasteiger partial charge in [0.1, 0.15) is 11.8 Å². The van der Waals surface area contributed by atoms with Gasteiger partial charge in [0, 0.05) is 11.8 Å². The molecule has 1 aliphatic heterocycles. The van der Waals surface area contributed by atoms with Gasteiger partial charge in [-0.1, -0.05) is 0 Å². The number of hydrogen-bond donors (Lipinski definition) is 1. The predicted molar refractivity (Wildman–Crippen MR) is 93.5 cm³/mol. The van der Waals surface area contributed by atoms with Gasteiger partial charge in [-0.2, -0.15) is 4.68 Å². The maximum atomic E-state index is 11.7. The van der Waals surface area contributed by atoms with Crippen LogP contribution in [0.5, 0.6) is 0 Å². The molecule has 0 amide bonds. The molecule has 2 aromatic rings. The van der Waals surface area contributed by atoms with Crippen LogP contribution in [0.25, 0.3) is 0 Å². The first-order valence-electron chi connectivity index (χ1n) is 7.89. The van der Waals surface area contributed by atoms with E-state index in [1.54, 1.807) is 16.0 Å². The topological polar surface area (TPSA) is 82.4 Å². The molecule has 24 heavy (non-hydrogen) atoms. The normalized spacial score (nSPS) is 21.2. The van der Waals surface area contributed by atoms with Crippen molar-refractivity contribution in [1.82, 2.24) is 14.8 Å². The highest BCUT2D eigenvalue weighted by molar-refractivity contribution is 7.91. The molecular weight excluding hydrogens is 368 g/mol. The van der Waals surface area contributed by atoms with Crippen molar-refractivity contribution in [1.29, 1.82) is 0 Å². The molecule has 10 heteroatoms. The Hall–Kier alpha value is -1.10. The van der Waals surface area contributed by atoms with Crippen LogP contribution in [0.4, 0.5) is 0 Å². The molecule has 0 radical (unpaired) electrons. The highest BCUT2D eigenvalue weighted by Crippen LogP contribution is 2.12. The number of nitrogens with zero attached hydrogens (tertiary/aromatic N) is 3. The van der Waals surface area contributed by atoms with E-state index in [0.29, 0.717) is 30.2 Å². The van der Waals surface area contributed by atoms with Crippen LogP contribution < -0.4 is 4.90 Å². The van der Waals surface area contributed by atoms with E-state index in [9.17, 15) is 8.42 Å². The third kappa shape index (κ3) is 4.11. The van der Waals surface area contributed by atoms with E-state index in [2.05, 4.69) is 10.1 Å². The minimum Gasteiger partial charge on any atom is -0.413 e. The first kappa shape index (κ1) is 17.7. The maximum Gasteiger partial charge on any atom is 0.291 e. The van der Waals surface area contributed by atoms with E-state index >= 15 is 0 Å². The van der Waals surface area contributed by atoms with Crippen molar-refractivity contribution in [2.75, 3.05) is 18.1 Å². The van der Waals surface area contributed by atoms with Crippen molar-refractivity contribution in [2.24, 2.45) is 0 Å². The Bertz CT molecular complexity index is 868. The van der Waals surface area contributed by atoms with E-state index < -0.39 is 9.84 Å². The van der Waals surface area contributed by atoms with Crippen LogP contribution in [-0.2, 0) is 22.9 Å². The average Bonchev–Trinajstić information content (AvgIpc) is 3.17. The van der Waals surface area contributed by atoms with E-state index in [1.165, 1.54) is 0 Å². The summed E-state index contributed by atoms with van der Waals surface area (Å²) in [6, 6.07) is 0.100. The molecule has 1 unspecified atom stereocenters. The summed E-state index contributed by atoms with van der Waals surface area (Å²) in [5.41, 5.74) is 0.919. The maximum absolute atomic E-state index is 11.7. The Kier molecular flexibility index (Phi) is 5.19. The number of hydrogen-bond acceptors (Lipinski definition) is 7. The summed E-state index contributed by atoms with van der Waals surface area (Å²) < 4.78 is 30.7. The monoisotopic (exact) mass is 389 g/mol. The second-order valence-corrected chi connectivity index (χ2v) is 9.71. The molecule has 0 spiro atoms. The molecule has 0 saturated carbocycles. The molecule has 0 aromatic carbocycles. The molecule has 1 saturated heterocycles. The van der Waals surface area contributed by atoms with Crippen molar-refractivity contribution in [3.05, 3.63) is 26.8 Å². The Morgan fingerprint density at radius 3 is 2.92 bits per heavy atom. The molecule has 2 atom stereocenters. The molecule has 1 aliphatic rings. The van der Waals surface area contributed by atoms with Gasteiger partial charge < -0.3 is 9.32 Å². The number of nitrogens with one attached hydrogen (secondary N) is 1. The van der Waals surface area contributed by atoms with Crippen LogP contribution >= 0.6 is 23.6 Å². The van der Waals surface area contributed by atoms with E-state index in [4.69, 9.17) is 16.6 Å². The molecule has 3 rings (SSSR count). The second-order valence-electron chi connectivity index (χ2n) is 6.07. The van der Waals surface area contributed by atoms with E-state index in [-0.39, 0.29) is 17.5 Å². The Morgan fingerprint density at radius 1 is 1.54 bits per heavy atom. The quantitative estimate of drug-likeness (QED) is 0.729. The fourth-order valence-corrected chi connectivity index (χ4v) is 5.64. The zero-order valence-electron chi connectivity index (χ0n) is 13.7. The molecular formula is C14H21N4O3S3+. The summed E-state index contributed by atoms with van der Waals surface area (Å²) >= 11 is 6.86. The van der Waals surface area contributed by atoms with E-state index in [0.717, 1.165) is 22.1 Å². The largest absolute Gasteiger partial charge is 0.413 e. The lowest BCUT2D eigenvalue weighted by molar-refractivity contribution is -0.943. The summed E-state index contributed by atoms with van der Waals surface area (Å²) in [4.78, 5) is 5.89. The minimum absolute atomic E-state index is 0.100. The van der Waals surface area contributed by atoms with Gasteiger partial charge in [-0.25, -0.2) is 13.4 Å². The van der Waals surface area contributed by atoms with Gasteiger partial charge in [0.2, 0.25) is 5.89 Å². The highest BCUT2D eigenvalue weighted by atomic mass is 32.2. The molecule has 0 bridgehead atoms. The molecule has 132 valence electrons. The summed E-state index contributed by atoms with van der Waals surface area (Å²) in [5.74, 6) is 1.06. The molecule has 0 aliphatic carbocycles. The first-order chi connectivity index (χ1) is 11.4. The van der Waals surface area contributed by atoms with Crippen LogP contribution in [0, 0.1) is 11.8 Å². The van der Waals surface area contributed by atoms with Gasteiger partial charge >= 0.3 is 0 Å². The second kappa shape index (κ2) is 7.03. The number of quaternary nitrogens is 1. The van der Waals surface area contributed by atoms with Gasteiger partial charge in [-0.3, -0.25) is 0 Å². The van der Waals surface area contributed by atoms with Crippen LogP contribution in [0.15, 0.2) is 9.80 Å². The molecule has 7 nitrogen and oxygen atoms in total. The summed E-state index contributed by atoms with van der Waals surface area (Å²) in [7, 11) is -2.89. The van der Waals surface area contributed by atoms with Gasteiger partial charge in [0.05, 0.1) is 29.4 Å². The molecule has 1 N–H and O–H groups in total. The SMILES string of the molecule is CC[NH+](Cn1nc(Cc2csc(C)n2)oc1=S)[C@H]1CCS(=O)(=O)C1. The minimum atomic E-state index is -2.89. The highest BCUT2D eigenvalue weighted by Gasteiger charge is 2.35. The number of aryl methyl sites for hydroxylation is 1. The number of aromatic nitrogens is 3. The molecule has 2 aromatic heterocycles. The lowest BCUT2D eigenvalue weighted by Crippen LogP contribution is -3.15. The van der Waals surface area contributed by atoms with Gasteiger partial charge in [-0.15, -0.1) is 16.4 Å². The number of thiazole rings is 1. The zero-order chi connectivity index (χ0) is 17.3. The van der Waals surface area contributed by atoms with Crippen LogP contribution in [0.1, 0.15) is 29.9 Å². The van der Waals surface area contributed by atoms with Crippen LogP contribution in [0.3, 0.4) is 0 Å². The Labute approximate surface area is 150 Å². The third-order valence-electron chi connectivity index (χ3n) is 4.26. The van der Waals surface area contributed by atoms with Crippen molar-refractivity contribution < 1.29 is 17.7 Å². The van der Waals surface area contributed by atoms with Crippen molar-refractivity contribution in [2.45, 2.75) is 39.4 Å². The lowest BCUT2D eigenvalue weighted by atomic mass is 10.2. The third-order valence-corrected chi connectivity index (χ3v) is 7.15. The summed E-state index contributed by atoms with van der Waals surface area (Å²) in [5, 5.41) is 7.44. The first-order valence-corrected chi connectivity index (χ1v) is 11.0. The smallest absolute Gasteiger partial charge is 0.291 e. The van der Waals surface area contributed by atoms with Gasteiger partial charge in [-0.05, 0) is 26.1 Å². The van der Waals surface area contributed by atoms with Crippen molar-refractivity contribution in [3.63, 3.8) is 0 Å². The fourth-order valence-electron chi connectivity index (χ4n) is 3.00. The summed E-state index contributed by atoms with van der Waals surface area (Å²) in [6.07, 6.45) is 1.21. The van der Waals surface area contributed by atoms with Gasteiger partial charge in [0.25, 0.3) is 4.84 Å². The number of rotatable bonds is 6.